The second-order valence-corrected chi connectivity index (χ2v) is 12.2. The predicted molar refractivity (Wildman–Crippen MR) is 153 cm³/mol. The summed E-state index contributed by atoms with van der Waals surface area (Å²) in [7, 11) is -5.07. The van der Waals surface area contributed by atoms with Gasteiger partial charge in [-0.1, -0.05) is 57.2 Å². The molecule has 0 amide bonds. The molecule has 7 unspecified atom stereocenters. The maximum Gasteiger partial charge on any atom is 0.469 e. The quantitative estimate of drug-likeness (QED) is 0.0805. The van der Waals surface area contributed by atoms with Crippen LogP contribution < -0.4 is 5.73 Å². The first-order valence-electron chi connectivity index (χ1n) is 14.2. The van der Waals surface area contributed by atoms with Crippen molar-refractivity contribution in [2.75, 3.05) is 6.54 Å². The Morgan fingerprint density at radius 3 is 2.63 bits per heavy atom. The summed E-state index contributed by atoms with van der Waals surface area (Å²) in [5.41, 5.74) is 3.72. The molecular weight excluding hydrogens is 553 g/mol. The molecule has 1 heterocycles. The average molecular weight is 600 g/mol. The molecule has 0 bridgehead atoms. The van der Waals surface area contributed by atoms with Gasteiger partial charge in [0, 0.05) is 18.4 Å². The fourth-order valence-corrected chi connectivity index (χ4v) is 5.55. The minimum Gasteiger partial charge on any atom is -0.462 e. The van der Waals surface area contributed by atoms with Crippen molar-refractivity contribution in [3.05, 3.63) is 48.6 Å². The van der Waals surface area contributed by atoms with E-state index in [2.05, 4.69) is 0 Å². The van der Waals surface area contributed by atoms with E-state index in [-0.39, 0.29) is 49.2 Å². The van der Waals surface area contributed by atoms with Gasteiger partial charge in [-0.2, -0.15) is 0 Å². The highest BCUT2D eigenvalue weighted by molar-refractivity contribution is 7.46. The SMILES string of the molecule is CCC1C=CC(=O)OC1C=CC(O)(CCN)C(CC(O)C=CC=CC1CCCC(OC(=O)C(C)C)C1)OP(=O)(O)O. The molecule has 2 rings (SSSR count). The van der Waals surface area contributed by atoms with Crippen molar-refractivity contribution in [1.29, 1.82) is 0 Å². The Morgan fingerprint density at radius 1 is 1.27 bits per heavy atom. The van der Waals surface area contributed by atoms with Gasteiger partial charge in [-0.3, -0.25) is 9.32 Å². The number of hydrogen-bond donors (Lipinski definition) is 5. The van der Waals surface area contributed by atoms with Crippen LogP contribution in [-0.2, 0) is 28.2 Å². The Morgan fingerprint density at radius 2 is 2.00 bits per heavy atom. The molecule has 0 spiro atoms. The summed E-state index contributed by atoms with van der Waals surface area (Å²) in [6.07, 6.45) is 12.6. The largest absolute Gasteiger partial charge is 0.469 e. The van der Waals surface area contributed by atoms with Crippen LogP contribution in [0.4, 0.5) is 0 Å². The molecule has 11 nitrogen and oxygen atoms in total. The van der Waals surface area contributed by atoms with Crippen molar-refractivity contribution in [2.45, 2.75) is 95.7 Å². The molecule has 41 heavy (non-hydrogen) atoms. The summed E-state index contributed by atoms with van der Waals surface area (Å²) in [5, 5.41) is 22.1. The highest BCUT2D eigenvalue weighted by Gasteiger charge is 2.40. The van der Waals surface area contributed by atoms with Crippen molar-refractivity contribution < 1.29 is 48.2 Å². The van der Waals surface area contributed by atoms with Gasteiger partial charge in [0.05, 0.1) is 12.0 Å². The van der Waals surface area contributed by atoms with Gasteiger partial charge in [0.25, 0.3) is 0 Å². The molecule has 0 radical (unpaired) electrons. The fraction of sp³-hybridized carbons (Fsp3) is 0.655. The van der Waals surface area contributed by atoms with E-state index in [0.717, 1.165) is 19.3 Å². The molecule has 0 aromatic rings. The van der Waals surface area contributed by atoms with Crippen molar-refractivity contribution >= 4 is 19.8 Å². The van der Waals surface area contributed by atoms with Crippen LogP contribution in [-0.4, -0.2) is 68.5 Å². The number of hydrogen-bond acceptors (Lipinski definition) is 9. The Bertz CT molecular complexity index is 1020. The predicted octanol–water partition coefficient (Wildman–Crippen LogP) is 3.23. The van der Waals surface area contributed by atoms with E-state index >= 15 is 0 Å². The maximum atomic E-state index is 11.9. The molecule has 0 aromatic carbocycles. The topological polar surface area (TPSA) is 186 Å². The number of aliphatic hydroxyl groups excluding tert-OH is 1. The highest BCUT2D eigenvalue weighted by Crippen LogP contribution is 2.42. The molecule has 1 aliphatic carbocycles. The van der Waals surface area contributed by atoms with E-state index in [1.807, 2.05) is 13.0 Å². The molecule has 232 valence electrons. The molecular formula is C29H46NO10P. The average Bonchev–Trinajstić information content (AvgIpc) is 2.89. The number of rotatable bonds is 15. The molecule has 0 saturated heterocycles. The van der Waals surface area contributed by atoms with Gasteiger partial charge in [-0.25, -0.2) is 9.36 Å². The number of esters is 2. The van der Waals surface area contributed by atoms with Gasteiger partial charge < -0.3 is 35.2 Å². The fourth-order valence-electron chi connectivity index (χ4n) is 4.95. The zero-order valence-electron chi connectivity index (χ0n) is 24.1. The standard InChI is InChI=1S/C29H46NO10P/c1-4-22-12-13-27(32)39-25(22)14-15-29(34,16-17-30)26(40-41(35,36)37)19-23(31)10-6-5-8-21-9-7-11-24(18-21)38-28(33)20(2)3/h5-6,8,10,12-15,20-26,31,34H,4,7,9,11,16-19,30H2,1-3H3,(H2,35,36,37). The Kier molecular flexibility index (Phi) is 14.1. The smallest absolute Gasteiger partial charge is 0.462 e. The minimum absolute atomic E-state index is 0.0487. The van der Waals surface area contributed by atoms with E-state index in [1.54, 1.807) is 32.1 Å². The number of nitrogens with two attached hydrogens (primary N) is 1. The summed E-state index contributed by atoms with van der Waals surface area (Å²) >= 11 is 0. The summed E-state index contributed by atoms with van der Waals surface area (Å²) in [6.45, 7) is 5.46. The third-order valence-corrected chi connectivity index (χ3v) is 7.80. The van der Waals surface area contributed by atoms with Crippen LogP contribution in [0.2, 0.25) is 0 Å². The lowest BCUT2D eigenvalue weighted by atomic mass is 9.86. The van der Waals surface area contributed by atoms with Crippen LogP contribution in [0, 0.1) is 17.8 Å². The van der Waals surface area contributed by atoms with Crippen LogP contribution in [0.15, 0.2) is 48.6 Å². The van der Waals surface area contributed by atoms with Crippen LogP contribution >= 0.6 is 7.82 Å². The Balaban J connectivity index is 2.10. The van der Waals surface area contributed by atoms with Crippen LogP contribution in [0.3, 0.4) is 0 Å². The normalized spacial score (nSPS) is 26.9. The zero-order valence-corrected chi connectivity index (χ0v) is 25.0. The third kappa shape index (κ3) is 12.3. The number of cyclic esters (lactones) is 1. The van der Waals surface area contributed by atoms with E-state index in [9.17, 15) is 34.2 Å². The summed E-state index contributed by atoms with van der Waals surface area (Å²) in [5.74, 6) is -0.863. The number of phosphoric acid groups is 1. The van der Waals surface area contributed by atoms with Gasteiger partial charge >= 0.3 is 19.8 Å². The lowest BCUT2D eigenvalue weighted by Gasteiger charge is -2.35. The van der Waals surface area contributed by atoms with Crippen LogP contribution in [0.1, 0.15) is 65.7 Å². The number of carbonyl (C=O) groups excluding carboxylic acids is 2. The summed E-state index contributed by atoms with van der Waals surface area (Å²) in [4.78, 5) is 42.7. The van der Waals surface area contributed by atoms with Gasteiger partial charge in [-0.15, -0.1) is 0 Å². The molecule has 1 saturated carbocycles. The first-order valence-corrected chi connectivity index (χ1v) is 15.8. The van der Waals surface area contributed by atoms with E-state index in [1.165, 1.54) is 24.3 Å². The van der Waals surface area contributed by atoms with Crippen LogP contribution in [0.25, 0.3) is 0 Å². The molecule has 6 N–H and O–H groups in total. The highest BCUT2D eigenvalue weighted by atomic mass is 31.2. The van der Waals surface area contributed by atoms with Crippen molar-refractivity contribution in [2.24, 2.45) is 23.5 Å². The monoisotopic (exact) mass is 599 g/mol. The Labute approximate surface area is 242 Å². The van der Waals surface area contributed by atoms with Gasteiger partial charge in [0.1, 0.15) is 23.9 Å². The number of phosphoric ester groups is 1. The van der Waals surface area contributed by atoms with E-state index in [0.29, 0.717) is 12.8 Å². The molecule has 1 aliphatic heterocycles. The zero-order chi connectivity index (χ0) is 30.6. The van der Waals surface area contributed by atoms with E-state index < -0.39 is 37.7 Å². The number of allylic oxidation sites excluding steroid dienone is 3. The first kappa shape index (κ1) is 35.1. The maximum absolute atomic E-state index is 11.9. The second-order valence-electron chi connectivity index (χ2n) is 11.0. The van der Waals surface area contributed by atoms with Gasteiger partial charge in [-0.05, 0) is 57.1 Å². The van der Waals surface area contributed by atoms with E-state index in [4.69, 9.17) is 19.7 Å². The molecule has 7 atom stereocenters. The summed E-state index contributed by atoms with van der Waals surface area (Å²) < 4.78 is 27.6. The summed E-state index contributed by atoms with van der Waals surface area (Å²) in [6, 6.07) is 0. The van der Waals surface area contributed by atoms with Gasteiger partial charge in [0.2, 0.25) is 0 Å². The first-order chi connectivity index (χ1) is 19.3. The molecule has 12 heteroatoms. The third-order valence-electron chi connectivity index (χ3n) is 7.27. The lowest BCUT2D eigenvalue weighted by molar-refractivity contribution is -0.154. The van der Waals surface area contributed by atoms with Gasteiger partial charge in [0.15, 0.2) is 0 Å². The Hall–Kier alpha value is -2.11. The molecule has 2 aliphatic rings. The number of aliphatic hydroxyl groups is 2. The van der Waals surface area contributed by atoms with Crippen molar-refractivity contribution in [1.82, 2.24) is 0 Å². The second kappa shape index (κ2) is 16.5. The minimum atomic E-state index is -5.07. The van der Waals surface area contributed by atoms with Crippen molar-refractivity contribution in [3.63, 3.8) is 0 Å². The molecule has 0 aromatic heterocycles. The molecule has 1 fully saturated rings. The number of ether oxygens (including phenoxy) is 2. The van der Waals surface area contributed by atoms with Crippen molar-refractivity contribution in [3.8, 4) is 0 Å². The lowest BCUT2D eigenvalue weighted by Crippen LogP contribution is -2.45. The van der Waals surface area contributed by atoms with Crippen LogP contribution in [0.5, 0.6) is 0 Å². The number of carbonyl (C=O) groups is 2.